The number of imidazole rings is 1. The summed E-state index contributed by atoms with van der Waals surface area (Å²) < 4.78 is 1.18. The van der Waals surface area contributed by atoms with Crippen molar-refractivity contribution in [2.75, 3.05) is 5.32 Å². The van der Waals surface area contributed by atoms with E-state index in [2.05, 4.69) is 15.6 Å². The van der Waals surface area contributed by atoms with Gasteiger partial charge in [0.2, 0.25) is 5.91 Å². The number of benzene rings is 2. The summed E-state index contributed by atoms with van der Waals surface area (Å²) in [4.78, 5) is 71.3. The van der Waals surface area contributed by atoms with Crippen LogP contribution in [0.15, 0.2) is 48.9 Å². The fourth-order valence-corrected chi connectivity index (χ4v) is 4.07. The van der Waals surface area contributed by atoms with Crippen LogP contribution in [-0.4, -0.2) is 58.3 Å². The molecule has 19 heteroatoms. The first-order valence-corrected chi connectivity index (χ1v) is 12.4. The zero-order chi connectivity index (χ0) is 32.0. The van der Waals surface area contributed by atoms with Crippen LogP contribution < -0.4 is 10.6 Å². The van der Waals surface area contributed by atoms with Gasteiger partial charge in [0.15, 0.2) is 0 Å². The van der Waals surface area contributed by atoms with E-state index in [4.69, 9.17) is 0 Å². The average molecular weight is 601 g/mol. The van der Waals surface area contributed by atoms with Gasteiger partial charge in [-0.05, 0) is 24.5 Å². The third kappa shape index (κ3) is 7.80. The SMILES string of the molecule is CC(C)CC(NC(=O)C(Cc1cn(-c2ccc([N+](=O)[O-])cc2[N+](=O)[O-])cn1)Nc1ccc([N+](=O)[O-])cc1[N+](=O)[O-])C(=O)O. The van der Waals surface area contributed by atoms with Gasteiger partial charge in [-0.25, -0.2) is 9.78 Å². The summed E-state index contributed by atoms with van der Waals surface area (Å²) >= 11 is 0. The van der Waals surface area contributed by atoms with E-state index in [1.54, 1.807) is 13.8 Å². The highest BCUT2D eigenvalue weighted by molar-refractivity contribution is 5.89. The Morgan fingerprint density at radius 1 is 0.884 bits per heavy atom. The summed E-state index contributed by atoms with van der Waals surface area (Å²) in [5, 5.41) is 60.0. The smallest absolute Gasteiger partial charge is 0.326 e. The van der Waals surface area contributed by atoms with E-state index < -0.39 is 66.4 Å². The van der Waals surface area contributed by atoms with Gasteiger partial charge in [-0.3, -0.25) is 49.8 Å². The van der Waals surface area contributed by atoms with Crippen molar-refractivity contribution in [3.8, 4) is 5.69 Å². The topological polar surface area (TPSA) is 269 Å². The fourth-order valence-electron chi connectivity index (χ4n) is 4.07. The number of nitro benzene ring substituents is 4. The Morgan fingerprint density at radius 2 is 1.47 bits per heavy atom. The number of non-ortho nitro benzene ring substituents is 2. The highest BCUT2D eigenvalue weighted by atomic mass is 16.6. The first-order valence-electron chi connectivity index (χ1n) is 12.4. The van der Waals surface area contributed by atoms with Crippen LogP contribution in [0, 0.1) is 46.4 Å². The number of carbonyl (C=O) groups is 2. The van der Waals surface area contributed by atoms with E-state index in [-0.39, 0.29) is 35.8 Å². The minimum absolute atomic E-state index is 0.0594. The van der Waals surface area contributed by atoms with Gasteiger partial charge >= 0.3 is 5.97 Å². The number of nitrogens with one attached hydrogen (secondary N) is 2. The second-order valence-corrected chi connectivity index (χ2v) is 9.61. The number of carbonyl (C=O) groups excluding carboxylic acids is 1. The molecule has 3 N–H and O–H groups in total. The summed E-state index contributed by atoms with van der Waals surface area (Å²) in [6.45, 7) is 3.48. The number of anilines is 1. The van der Waals surface area contributed by atoms with Gasteiger partial charge in [-0.15, -0.1) is 0 Å². The molecule has 3 aromatic rings. The largest absolute Gasteiger partial charge is 0.480 e. The van der Waals surface area contributed by atoms with E-state index >= 15 is 0 Å². The van der Waals surface area contributed by atoms with Crippen LogP contribution in [0.25, 0.3) is 5.69 Å². The maximum absolute atomic E-state index is 13.3. The highest BCUT2D eigenvalue weighted by Crippen LogP contribution is 2.31. The number of hydrogen-bond acceptors (Lipinski definition) is 12. The molecule has 0 radical (unpaired) electrons. The molecule has 1 aromatic heterocycles. The molecule has 3 rings (SSSR count). The predicted molar refractivity (Wildman–Crippen MR) is 147 cm³/mol. The van der Waals surface area contributed by atoms with Gasteiger partial charge in [0.05, 0.1) is 43.8 Å². The molecule has 2 unspecified atom stereocenters. The van der Waals surface area contributed by atoms with E-state index in [0.29, 0.717) is 6.07 Å². The second kappa shape index (κ2) is 13.1. The molecule has 19 nitrogen and oxygen atoms in total. The zero-order valence-electron chi connectivity index (χ0n) is 22.5. The molecule has 0 saturated heterocycles. The maximum Gasteiger partial charge on any atom is 0.326 e. The molecule has 0 fully saturated rings. The van der Waals surface area contributed by atoms with Gasteiger partial charge in [-0.1, -0.05) is 13.8 Å². The summed E-state index contributed by atoms with van der Waals surface area (Å²) in [5.41, 5.74) is -2.68. The molecule has 0 saturated carbocycles. The summed E-state index contributed by atoms with van der Waals surface area (Å²) in [7, 11) is 0. The van der Waals surface area contributed by atoms with Crippen LogP contribution >= 0.6 is 0 Å². The van der Waals surface area contributed by atoms with Crippen LogP contribution in [0.4, 0.5) is 28.4 Å². The Kier molecular flexibility index (Phi) is 9.60. The number of nitrogens with zero attached hydrogens (tertiary/aromatic N) is 6. The van der Waals surface area contributed by atoms with Crippen LogP contribution in [0.5, 0.6) is 0 Å². The van der Waals surface area contributed by atoms with Crippen molar-refractivity contribution >= 4 is 40.3 Å². The van der Waals surface area contributed by atoms with Gasteiger partial charge in [-0.2, -0.15) is 0 Å². The van der Waals surface area contributed by atoms with Gasteiger partial charge in [0.1, 0.15) is 23.5 Å². The zero-order valence-corrected chi connectivity index (χ0v) is 22.5. The predicted octanol–water partition coefficient (Wildman–Crippen LogP) is 3.14. The molecular weight excluding hydrogens is 576 g/mol. The highest BCUT2D eigenvalue weighted by Gasteiger charge is 2.30. The third-order valence-electron chi connectivity index (χ3n) is 6.05. The monoisotopic (exact) mass is 600 g/mol. The Hall–Kier alpha value is -6.01. The number of hydrogen-bond donors (Lipinski definition) is 3. The first kappa shape index (κ1) is 31.5. The molecule has 1 heterocycles. The summed E-state index contributed by atoms with van der Waals surface area (Å²) in [6.07, 6.45) is 2.15. The van der Waals surface area contributed by atoms with E-state index in [1.165, 1.54) is 10.8 Å². The molecule has 0 aliphatic heterocycles. The quantitative estimate of drug-likeness (QED) is 0.177. The van der Waals surface area contributed by atoms with Crippen molar-refractivity contribution in [2.45, 2.75) is 38.8 Å². The molecule has 2 atom stereocenters. The van der Waals surface area contributed by atoms with Crippen LogP contribution in [0.3, 0.4) is 0 Å². The minimum atomic E-state index is -1.41. The normalized spacial score (nSPS) is 12.3. The van der Waals surface area contributed by atoms with Crippen molar-refractivity contribution < 1.29 is 34.4 Å². The molecule has 226 valence electrons. The van der Waals surface area contributed by atoms with Gasteiger partial charge in [0, 0.05) is 24.8 Å². The standard InChI is InChI=1S/C24H24N8O11/c1-13(2)7-19(24(34)35)27-23(33)18(26-17-5-3-15(29(36)37)9-21(17)31(40)41)8-14-11-28(12-25-14)20-6-4-16(30(38)39)10-22(20)32(42)43/h3-6,9-13,18-19,26H,7-8H2,1-2H3,(H,27,33)(H,34,35). The van der Waals surface area contributed by atoms with E-state index in [1.807, 2.05) is 0 Å². The molecule has 43 heavy (non-hydrogen) atoms. The molecular formula is C24H24N8O11. The van der Waals surface area contributed by atoms with Crippen molar-refractivity contribution in [3.63, 3.8) is 0 Å². The Morgan fingerprint density at radius 3 is 2.00 bits per heavy atom. The second-order valence-electron chi connectivity index (χ2n) is 9.61. The summed E-state index contributed by atoms with van der Waals surface area (Å²) in [5.74, 6) is -2.34. The van der Waals surface area contributed by atoms with Crippen LogP contribution in [0.1, 0.15) is 26.0 Å². The lowest BCUT2D eigenvalue weighted by Gasteiger charge is -2.22. The molecule has 0 spiro atoms. The number of aromatic nitrogens is 2. The van der Waals surface area contributed by atoms with Crippen LogP contribution in [-0.2, 0) is 16.0 Å². The molecule has 1 amide bonds. The van der Waals surface area contributed by atoms with Crippen molar-refractivity contribution in [1.82, 2.24) is 14.9 Å². The van der Waals surface area contributed by atoms with Crippen LogP contribution in [0.2, 0.25) is 0 Å². The number of rotatable bonds is 14. The third-order valence-corrected chi connectivity index (χ3v) is 6.05. The Bertz CT molecular complexity index is 1600. The van der Waals surface area contributed by atoms with Crippen molar-refractivity contribution in [2.24, 2.45) is 5.92 Å². The number of carboxylic acid groups (broad SMARTS) is 1. The number of carboxylic acids is 1. The molecule has 0 aliphatic rings. The number of aliphatic carboxylic acids is 1. The first-order chi connectivity index (χ1) is 20.2. The lowest BCUT2D eigenvalue weighted by atomic mass is 10.0. The van der Waals surface area contributed by atoms with E-state index in [0.717, 1.165) is 36.7 Å². The minimum Gasteiger partial charge on any atom is -0.480 e. The van der Waals surface area contributed by atoms with Crippen molar-refractivity contribution in [1.29, 1.82) is 0 Å². The lowest BCUT2D eigenvalue weighted by molar-refractivity contribution is -0.394. The fraction of sp³-hybridized carbons (Fsp3) is 0.292. The maximum atomic E-state index is 13.3. The van der Waals surface area contributed by atoms with Crippen molar-refractivity contribution in [3.05, 3.63) is 95.1 Å². The van der Waals surface area contributed by atoms with Gasteiger partial charge in [0.25, 0.3) is 22.7 Å². The van der Waals surface area contributed by atoms with Gasteiger partial charge < -0.3 is 15.7 Å². The van der Waals surface area contributed by atoms with E-state index in [9.17, 15) is 55.2 Å². The molecule has 0 aliphatic carbocycles. The number of amides is 1. The Balaban J connectivity index is 2.01. The summed E-state index contributed by atoms with van der Waals surface area (Å²) in [6, 6.07) is 2.92. The molecule has 0 bridgehead atoms. The number of nitro groups is 4. The lowest BCUT2D eigenvalue weighted by Crippen LogP contribution is -2.49. The molecule has 2 aromatic carbocycles. The Labute approximate surface area is 240 Å². The average Bonchev–Trinajstić information content (AvgIpc) is 3.39.